The summed E-state index contributed by atoms with van der Waals surface area (Å²) >= 11 is 0. The second kappa shape index (κ2) is 15.2. The van der Waals surface area contributed by atoms with Crippen LogP contribution >= 0.6 is 24.0 Å². The van der Waals surface area contributed by atoms with Crippen LogP contribution in [0.3, 0.4) is 0 Å². The second-order valence-corrected chi connectivity index (χ2v) is 9.61. The van der Waals surface area contributed by atoms with Crippen molar-refractivity contribution >= 4 is 29.9 Å². The molecule has 0 unspecified atom stereocenters. The van der Waals surface area contributed by atoms with Crippen molar-refractivity contribution in [2.24, 2.45) is 10.4 Å². The van der Waals surface area contributed by atoms with E-state index in [1.54, 1.807) is 0 Å². The molecule has 1 aromatic carbocycles. The first-order chi connectivity index (χ1) is 15.7. The van der Waals surface area contributed by atoms with Crippen LogP contribution in [0.4, 0.5) is 0 Å². The Hall–Kier alpha value is -0.900. The fraction of sp³-hybridized carbons (Fsp3) is 0.731. The van der Waals surface area contributed by atoms with E-state index in [4.69, 9.17) is 4.99 Å². The SMILES string of the molecule is CCNC(=NCc1ccc(CN2CCN(CC)CC2)cc1)NCC1(CCO)CCCCC1.I. The highest BCUT2D eigenvalue weighted by Gasteiger charge is 2.31. The minimum absolute atomic E-state index is 0. The van der Waals surface area contributed by atoms with Crippen LogP contribution in [0.2, 0.25) is 0 Å². The average molecular weight is 572 g/mol. The molecule has 0 spiro atoms. The van der Waals surface area contributed by atoms with Gasteiger partial charge in [0.05, 0.1) is 6.54 Å². The summed E-state index contributed by atoms with van der Waals surface area (Å²) in [5, 5.41) is 16.5. The number of likely N-dealkylation sites (N-methyl/N-ethyl adjacent to an activating group) is 1. The van der Waals surface area contributed by atoms with E-state index >= 15 is 0 Å². The highest BCUT2D eigenvalue weighted by atomic mass is 127. The van der Waals surface area contributed by atoms with Crippen LogP contribution in [-0.4, -0.2) is 73.3 Å². The first kappa shape index (κ1) is 28.3. The highest BCUT2D eigenvalue weighted by Crippen LogP contribution is 2.38. The lowest BCUT2D eigenvalue weighted by atomic mass is 9.72. The van der Waals surface area contributed by atoms with Gasteiger partial charge in [-0.3, -0.25) is 4.90 Å². The summed E-state index contributed by atoms with van der Waals surface area (Å²) in [7, 11) is 0. The molecule has 2 fully saturated rings. The van der Waals surface area contributed by atoms with Crippen molar-refractivity contribution < 1.29 is 5.11 Å². The van der Waals surface area contributed by atoms with Crippen molar-refractivity contribution in [3.63, 3.8) is 0 Å². The minimum atomic E-state index is 0. The lowest BCUT2D eigenvalue weighted by Gasteiger charge is -2.37. The lowest BCUT2D eigenvalue weighted by molar-refractivity contribution is 0.131. The summed E-state index contributed by atoms with van der Waals surface area (Å²) < 4.78 is 0. The topological polar surface area (TPSA) is 63.1 Å². The number of guanidine groups is 1. The Bertz CT molecular complexity index is 677. The molecule has 7 heteroatoms. The van der Waals surface area contributed by atoms with Crippen molar-refractivity contribution in [2.45, 2.75) is 65.5 Å². The molecule has 6 nitrogen and oxygen atoms in total. The Morgan fingerprint density at radius 1 is 0.939 bits per heavy atom. The van der Waals surface area contributed by atoms with Gasteiger partial charge in [-0.15, -0.1) is 24.0 Å². The molecule has 188 valence electrons. The molecular weight excluding hydrogens is 525 g/mol. The molecule has 0 amide bonds. The van der Waals surface area contributed by atoms with Crippen LogP contribution in [0.25, 0.3) is 0 Å². The van der Waals surface area contributed by atoms with Gasteiger partial charge in [-0.25, -0.2) is 4.99 Å². The van der Waals surface area contributed by atoms with Crippen LogP contribution in [0.15, 0.2) is 29.3 Å². The zero-order valence-corrected chi connectivity index (χ0v) is 23.2. The van der Waals surface area contributed by atoms with E-state index in [0.717, 1.165) is 51.6 Å². The summed E-state index contributed by atoms with van der Waals surface area (Å²) in [6.45, 7) is 13.9. The molecule has 0 radical (unpaired) electrons. The van der Waals surface area contributed by atoms with Gasteiger partial charge in [0, 0.05) is 52.4 Å². The summed E-state index contributed by atoms with van der Waals surface area (Å²) in [4.78, 5) is 9.92. The van der Waals surface area contributed by atoms with Crippen LogP contribution < -0.4 is 10.6 Å². The van der Waals surface area contributed by atoms with Gasteiger partial charge >= 0.3 is 0 Å². The molecule has 1 heterocycles. The maximum Gasteiger partial charge on any atom is 0.191 e. The quantitative estimate of drug-likeness (QED) is 0.227. The van der Waals surface area contributed by atoms with Crippen molar-refractivity contribution in [1.82, 2.24) is 20.4 Å². The van der Waals surface area contributed by atoms with E-state index in [2.05, 4.69) is 58.5 Å². The van der Waals surface area contributed by atoms with Gasteiger partial charge in [-0.2, -0.15) is 0 Å². The van der Waals surface area contributed by atoms with Crippen LogP contribution in [0.1, 0.15) is 63.5 Å². The minimum Gasteiger partial charge on any atom is -0.396 e. The average Bonchev–Trinajstić information content (AvgIpc) is 2.83. The fourth-order valence-electron chi connectivity index (χ4n) is 5.11. The monoisotopic (exact) mass is 571 g/mol. The first-order valence-corrected chi connectivity index (χ1v) is 12.8. The van der Waals surface area contributed by atoms with E-state index in [1.165, 1.54) is 56.3 Å². The standard InChI is InChI=1S/C26H45N5O.HI/c1-3-27-25(29-22-26(14-19-32)12-6-5-7-13-26)28-20-23-8-10-24(11-9-23)21-31-17-15-30(4-2)16-18-31;/h8-11,32H,3-7,12-22H2,1-2H3,(H2,27,28,29);1H. The molecule has 33 heavy (non-hydrogen) atoms. The lowest BCUT2D eigenvalue weighted by Crippen LogP contribution is -2.45. The summed E-state index contributed by atoms with van der Waals surface area (Å²) in [6, 6.07) is 8.96. The Kier molecular flexibility index (Phi) is 13.0. The number of piperazine rings is 1. The Labute approximate surface area is 218 Å². The molecule has 1 aliphatic carbocycles. The van der Waals surface area contributed by atoms with Gasteiger partial charge in [0.2, 0.25) is 0 Å². The molecule has 0 bridgehead atoms. The molecule has 1 aliphatic heterocycles. The van der Waals surface area contributed by atoms with Gasteiger partial charge in [-0.05, 0) is 49.3 Å². The van der Waals surface area contributed by atoms with Crippen LogP contribution in [-0.2, 0) is 13.1 Å². The molecule has 3 rings (SSSR count). The zero-order chi connectivity index (χ0) is 22.7. The third-order valence-corrected chi connectivity index (χ3v) is 7.29. The fourth-order valence-corrected chi connectivity index (χ4v) is 5.11. The molecule has 1 saturated carbocycles. The normalized spacial score (nSPS) is 19.7. The van der Waals surface area contributed by atoms with Gasteiger partial charge in [-0.1, -0.05) is 50.5 Å². The Balaban J connectivity index is 0.00000385. The van der Waals surface area contributed by atoms with Crippen molar-refractivity contribution in [1.29, 1.82) is 0 Å². The number of aliphatic hydroxyl groups is 1. The number of nitrogens with zero attached hydrogens (tertiary/aromatic N) is 3. The summed E-state index contributed by atoms with van der Waals surface area (Å²) in [5.74, 6) is 0.883. The molecule has 0 atom stereocenters. The predicted octanol–water partition coefficient (Wildman–Crippen LogP) is 3.83. The summed E-state index contributed by atoms with van der Waals surface area (Å²) in [5.41, 5.74) is 2.84. The molecule has 3 N–H and O–H groups in total. The largest absolute Gasteiger partial charge is 0.396 e. The smallest absolute Gasteiger partial charge is 0.191 e. The van der Waals surface area contributed by atoms with Gasteiger partial charge in [0.1, 0.15) is 0 Å². The van der Waals surface area contributed by atoms with Gasteiger partial charge < -0.3 is 20.6 Å². The first-order valence-electron chi connectivity index (χ1n) is 12.8. The highest BCUT2D eigenvalue weighted by molar-refractivity contribution is 14.0. The number of halogens is 1. The number of nitrogens with one attached hydrogen (secondary N) is 2. The van der Waals surface area contributed by atoms with E-state index in [-0.39, 0.29) is 36.0 Å². The van der Waals surface area contributed by atoms with Gasteiger partial charge in [0.15, 0.2) is 5.96 Å². The Morgan fingerprint density at radius 3 is 2.18 bits per heavy atom. The van der Waals surface area contributed by atoms with E-state index in [1.807, 2.05) is 0 Å². The number of rotatable bonds is 10. The molecular formula is C26H46IN5O. The molecule has 0 aromatic heterocycles. The second-order valence-electron chi connectivity index (χ2n) is 9.61. The zero-order valence-electron chi connectivity index (χ0n) is 20.8. The van der Waals surface area contributed by atoms with E-state index < -0.39 is 0 Å². The molecule has 2 aliphatic rings. The number of aliphatic hydroxyl groups excluding tert-OH is 1. The number of hydrogen-bond donors (Lipinski definition) is 3. The van der Waals surface area contributed by atoms with Crippen LogP contribution in [0, 0.1) is 5.41 Å². The predicted molar refractivity (Wildman–Crippen MR) is 149 cm³/mol. The third-order valence-electron chi connectivity index (χ3n) is 7.29. The maximum atomic E-state index is 9.57. The number of benzene rings is 1. The molecule has 1 aromatic rings. The summed E-state index contributed by atoms with van der Waals surface area (Å²) in [6.07, 6.45) is 7.16. The number of aliphatic imine (C=N–C) groups is 1. The molecule has 1 saturated heterocycles. The van der Waals surface area contributed by atoms with Crippen molar-refractivity contribution in [3.8, 4) is 0 Å². The Morgan fingerprint density at radius 2 is 1.58 bits per heavy atom. The van der Waals surface area contributed by atoms with Crippen LogP contribution in [0.5, 0.6) is 0 Å². The van der Waals surface area contributed by atoms with Crippen molar-refractivity contribution in [3.05, 3.63) is 35.4 Å². The van der Waals surface area contributed by atoms with Gasteiger partial charge in [0.25, 0.3) is 0 Å². The number of hydrogen-bond acceptors (Lipinski definition) is 4. The van der Waals surface area contributed by atoms with E-state index in [9.17, 15) is 5.11 Å². The van der Waals surface area contributed by atoms with Crippen molar-refractivity contribution in [2.75, 3.05) is 52.4 Å². The van der Waals surface area contributed by atoms with E-state index in [0.29, 0.717) is 6.54 Å². The third kappa shape index (κ3) is 9.34. The maximum absolute atomic E-state index is 9.57.